The molecule has 8 nitrogen and oxygen atoms in total. The van der Waals surface area contributed by atoms with Gasteiger partial charge in [0.05, 0.1) is 18.3 Å². The topological polar surface area (TPSA) is 94.9 Å². The van der Waals surface area contributed by atoms with Gasteiger partial charge in [0.1, 0.15) is 12.1 Å². The second kappa shape index (κ2) is 10.0. The molecule has 0 spiro atoms. The van der Waals surface area contributed by atoms with E-state index in [1.165, 1.54) is 26.3 Å². The lowest BCUT2D eigenvalue weighted by molar-refractivity contribution is 0.297. The Labute approximate surface area is 194 Å². The summed E-state index contributed by atoms with van der Waals surface area (Å²) < 4.78 is 5.29. The van der Waals surface area contributed by atoms with Crippen molar-refractivity contribution in [1.29, 1.82) is 0 Å². The molecule has 0 amide bonds. The van der Waals surface area contributed by atoms with Gasteiger partial charge in [0.2, 0.25) is 5.96 Å². The number of hydrogen-bond acceptors (Lipinski definition) is 6. The third kappa shape index (κ3) is 5.17. The van der Waals surface area contributed by atoms with Crippen LogP contribution in [0.2, 0.25) is 0 Å². The number of ether oxygens (including phenoxy) is 1. The summed E-state index contributed by atoms with van der Waals surface area (Å²) in [5.41, 5.74) is 3.75. The molecule has 3 N–H and O–H groups in total. The molecule has 1 aliphatic rings. The molecule has 1 aromatic heterocycles. The van der Waals surface area contributed by atoms with Crippen LogP contribution in [0.1, 0.15) is 30.4 Å². The Balaban J connectivity index is 1.65. The van der Waals surface area contributed by atoms with Gasteiger partial charge in [-0.25, -0.2) is 15.0 Å². The fourth-order valence-electron chi connectivity index (χ4n) is 4.35. The number of nitrogens with one attached hydrogen (secondary N) is 2. The van der Waals surface area contributed by atoms with E-state index in [2.05, 4.69) is 58.5 Å². The molecule has 3 aromatic rings. The highest BCUT2D eigenvalue weighted by Gasteiger charge is 2.20. The minimum absolute atomic E-state index is 0.0397. The lowest BCUT2D eigenvalue weighted by Gasteiger charge is -2.20. The van der Waals surface area contributed by atoms with Gasteiger partial charge in [-0.1, -0.05) is 18.2 Å². The largest absolute Gasteiger partial charge is 0.504 e. The first-order valence-electron chi connectivity index (χ1n) is 11.3. The Kier molecular flexibility index (Phi) is 6.93. The molecule has 4 rings (SSSR count). The predicted molar refractivity (Wildman–Crippen MR) is 133 cm³/mol. The second-order valence-corrected chi connectivity index (χ2v) is 8.58. The van der Waals surface area contributed by atoms with Crippen molar-refractivity contribution in [1.82, 2.24) is 20.2 Å². The first-order valence-corrected chi connectivity index (χ1v) is 11.3. The Bertz CT molecular complexity index is 1140. The Morgan fingerprint density at radius 1 is 1.24 bits per heavy atom. The van der Waals surface area contributed by atoms with Crippen molar-refractivity contribution in [2.45, 2.75) is 39.2 Å². The maximum absolute atomic E-state index is 10.1. The molecule has 1 fully saturated rings. The summed E-state index contributed by atoms with van der Waals surface area (Å²) in [5.74, 6) is 1.62. The van der Waals surface area contributed by atoms with Gasteiger partial charge < -0.3 is 25.4 Å². The molecule has 1 aliphatic heterocycles. The van der Waals surface area contributed by atoms with Crippen LogP contribution in [0.15, 0.2) is 41.7 Å². The highest BCUT2D eigenvalue weighted by Crippen LogP contribution is 2.33. The van der Waals surface area contributed by atoms with E-state index >= 15 is 0 Å². The van der Waals surface area contributed by atoms with Crippen LogP contribution in [-0.2, 0) is 0 Å². The van der Waals surface area contributed by atoms with E-state index in [4.69, 9.17) is 9.73 Å². The molecule has 174 valence electrons. The number of benzene rings is 2. The number of guanidine groups is 1. The molecule has 0 bridgehead atoms. The van der Waals surface area contributed by atoms with Crippen LogP contribution in [0.4, 0.5) is 11.5 Å². The zero-order valence-electron chi connectivity index (χ0n) is 19.7. The smallest absolute Gasteiger partial charge is 0.202 e. The van der Waals surface area contributed by atoms with E-state index in [9.17, 15) is 5.11 Å². The zero-order valence-corrected chi connectivity index (χ0v) is 19.7. The summed E-state index contributed by atoms with van der Waals surface area (Å²) in [5, 5.41) is 17.7. The molecule has 1 atom stereocenters. The summed E-state index contributed by atoms with van der Waals surface area (Å²) in [6.07, 6.45) is 5.00. The minimum Gasteiger partial charge on any atom is -0.504 e. The average Bonchev–Trinajstić information content (AvgIpc) is 3.20. The van der Waals surface area contributed by atoms with Crippen LogP contribution in [-0.4, -0.2) is 59.2 Å². The van der Waals surface area contributed by atoms with Gasteiger partial charge in [0.25, 0.3) is 0 Å². The summed E-state index contributed by atoms with van der Waals surface area (Å²) >= 11 is 0. The predicted octanol–water partition coefficient (Wildman–Crippen LogP) is 4.13. The van der Waals surface area contributed by atoms with Crippen molar-refractivity contribution >= 4 is 28.4 Å². The Morgan fingerprint density at radius 2 is 2.03 bits per heavy atom. The highest BCUT2D eigenvalue weighted by atomic mass is 16.5. The van der Waals surface area contributed by atoms with Crippen molar-refractivity contribution in [3.05, 3.63) is 47.8 Å². The van der Waals surface area contributed by atoms with E-state index in [-0.39, 0.29) is 5.75 Å². The van der Waals surface area contributed by atoms with Gasteiger partial charge in [0, 0.05) is 24.0 Å². The summed E-state index contributed by atoms with van der Waals surface area (Å²) in [4.78, 5) is 16.1. The van der Waals surface area contributed by atoms with Crippen molar-refractivity contribution < 1.29 is 9.84 Å². The van der Waals surface area contributed by atoms with Gasteiger partial charge >= 0.3 is 0 Å². The third-order valence-corrected chi connectivity index (χ3v) is 6.28. The van der Waals surface area contributed by atoms with Crippen LogP contribution < -0.4 is 15.4 Å². The highest BCUT2D eigenvalue weighted by molar-refractivity contribution is 6.02. The number of phenols is 1. The molecular weight excluding hydrogens is 416 g/mol. The maximum Gasteiger partial charge on any atom is 0.202 e. The number of likely N-dealkylation sites (tertiary alicyclic amines) is 1. The third-order valence-electron chi connectivity index (χ3n) is 6.28. The maximum atomic E-state index is 10.1. The second-order valence-electron chi connectivity index (χ2n) is 8.58. The van der Waals surface area contributed by atoms with Crippen LogP contribution in [0, 0.1) is 13.8 Å². The molecular formula is C25H32N6O2. The molecule has 2 heterocycles. The lowest BCUT2D eigenvalue weighted by Crippen LogP contribution is -2.35. The summed E-state index contributed by atoms with van der Waals surface area (Å²) in [6.45, 7) is 6.07. The molecule has 0 aliphatic carbocycles. The zero-order chi connectivity index (χ0) is 23.4. The van der Waals surface area contributed by atoms with Crippen molar-refractivity contribution in [3.63, 3.8) is 0 Å². The van der Waals surface area contributed by atoms with Crippen LogP contribution >= 0.6 is 0 Å². The average molecular weight is 449 g/mol. The number of aromatic nitrogens is 2. The lowest BCUT2D eigenvalue weighted by atomic mass is 10.1. The van der Waals surface area contributed by atoms with E-state index < -0.39 is 0 Å². The van der Waals surface area contributed by atoms with Gasteiger partial charge in [-0.15, -0.1) is 0 Å². The van der Waals surface area contributed by atoms with Gasteiger partial charge in [-0.05, 0) is 63.9 Å². The number of aliphatic imine (C=N–C) groups is 1. The van der Waals surface area contributed by atoms with E-state index in [1.54, 1.807) is 12.1 Å². The van der Waals surface area contributed by atoms with Gasteiger partial charge in [0.15, 0.2) is 11.5 Å². The first-order chi connectivity index (χ1) is 16.0. The van der Waals surface area contributed by atoms with Gasteiger partial charge in [-0.2, -0.15) is 0 Å². The Morgan fingerprint density at radius 3 is 2.73 bits per heavy atom. The van der Waals surface area contributed by atoms with E-state index in [0.717, 1.165) is 41.7 Å². The van der Waals surface area contributed by atoms with E-state index in [1.807, 2.05) is 6.07 Å². The Hall–Kier alpha value is -3.39. The van der Waals surface area contributed by atoms with Crippen molar-refractivity contribution in [3.8, 4) is 11.5 Å². The molecule has 0 saturated carbocycles. The number of fused-ring (bicyclic) bond motifs is 1. The fourth-order valence-corrected chi connectivity index (χ4v) is 4.35. The number of methoxy groups -OCH3 is 1. The monoisotopic (exact) mass is 448 g/mol. The number of aromatic hydroxyl groups is 1. The molecule has 33 heavy (non-hydrogen) atoms. The minimum atomic E-state index is 0.0397. The number of nitrogens with zero attached hydrogens (tertiary/aromatic N) is 4. The summed E-state index contributed by atoms with van der Waals surface area (Å²) in [6, 6.07) is 10.1. The molecule has 1 unspecified atom stereocenters. The van der Waals surface area contributed by atoms with Crippen LogP contribution in [0.3, 0.4) is 0 Å². The van der Waals surface area contributed by atoms with Crippen LogP contribution in [0.25, 0.3) is 10.9 Å². The van der Waals surface area contributed by atoms with Crippen LogP contribution in [0.5, 0.6) is 11.5 Å². The quantitative estimate of drug-likeness (QED) is 0.385. The van der Waals surface area contributed by atoms with Gasteiger partial charge in [-0.3, -0.25) is 0 Å². The molecule has 0 radical (unpaired) electrons. The molecule has 8 heteroatoms. The number of anilines is 1. The number of aryl methyl sites for hydroxylation is 2. The fraction of sp³-hybridized carbons (Fsp3) is 0.400. The normalized spacial score (nSPS) is 16.8. The van der Waals surface area contributed by atoms with Crippen molar-refractivity contribution in [2.24, 2.45) is 4.99 Å². The van der Waals surface area contributed by atoms with Crippen molar-refractivity contribution in [2.75, 3.05) is 32.6 Å². The van der Waals surface area contributed by atoms with E-state index in [0.29, 0.717) is 29.1 Å². The molecule has 2 aromatic carbocycles. The standard InChI is InChI=1S/C25H32N6O2/c1-16-7-5-8-17(2)23(16)29-25(26-11-10-18-9-6-12-31(18)3)30-24-19-13-22(33-4)21(32)14-20(19)27-15-28-24/h5,7-8,13-15,18,32H,6,9-12H2,1-4H3,(H2,26,27,28,29,30). The number of phenolic OH excluding ortho intramolecular Hbond substituents is 1. The number of para-hydroxylation sites is 1. The first kappa shape index (κ1) is 22.8. The number of hydrogen-bond donors (Lipinski definition) is 3. The molecule has 1 saturated heterocycles. The SMILES string of the molecule is COc1cc2c(NC(=Nc3c(C)cccc3C)NCCC3CCCN3C)ncnc2cc1O. The summed E-state index contributed by atoms with van der Waals surface area (Å²) in [7, 11) is 3.71. The number of rotatable bonds is 6.